The van der Waals surface area contributed by atoms with E-state index in [1.165, 1.54) is 0 Å². The molecule has 0 aliphatic carbocycles. The summed E-state index contributed by atoms with van der Waals surface area (Å²) in [4.78, 5) is 36.8. The van der Waals surface area contributed by atoms with Crippen LogP contribution in [0.2, 0.25) is 0 Å². The molecule has 0 heterocycles. The van der Waals surface area contributed by atoms with E-state index in [9.17, 15) is 14.4 Å². The summed E-state index contributed by atoms with van der Waals surface area (Å²) in [5.74, 6) is -1.35. The quantitative estimate of drug-likeness (QED) is 0.589. The molecule has 0 aliphatic rings. The van der Waals surface area contributed by atoms with Gasteiger partial charge in [-0.05, 0) is 24.0 Å². The van der Waals surface area contributed by atoms with Crippen LogP contribution in [0.4, 0.5) is 4.79 Å². The molecule has 0 fully saturated rings. The number of nitrogens with two attached hydrogens (primary N) is 1. The second kappa shape index (κ2) is 11.0. The first-order valence-electron chi connectivity index (χ1n) is 9.88. The third-order valence-electron chi connectivity index (χ3n) is 4.66. The predicted molar refractivity (Wildman–Crippen MR) is 114 cm³/mol. The van der Waals surface area contributed by atoms with Gasteiger partial charge in [0.15, 0.2) is 0 Å². The zero-order chi connectivity index (χ0) is 22.1. The first kappa shape index (κ1) is 22.9. The van der Waals surface area contributed by atoms with Crippen molar-refractivity contribution in [2.75, 3.05) is 0 Å². The lowest BCUT2D eigenvalue weighted by Gasteiger charge is -2.24. The Kier molecular flexibility index (Phi) is 8.41. The van der Waals surface area contributed by atoms with Gasteiger partial charge in [0.1, 0.15) is 18.7 Å². The number of rotatable bonds is 9. The molecule has 2 aromatic carbocycles. The third-order valence-corrected chi connectivity index (χ3v) is 4.66. The van der Waals surface area contributed by atoms with Crippen LogP contribution in [0.25, 0.3) is 0 Å². The summed E-state index contributed by atoms with van der Waals surface area (Å²) in [7, 11) is 0. The van der Waals surface area contributed by atoms with Crippen molar-refractivity contribution in [1.29, 1.82) is 0 Å². The second-order valence-electron chi connectivity index (χ2n) is 7.58. The number of carbonyl (C=O) groups excluding carboxylic acids is 3. The van der Waals surface area contributed by atoms with Gasteiger partial charge in [0.25, 0.3) is 0 Å². The molecule has 0 aromatic heterocycles. The average Bonchev–Trinajstić information content (AvgIpc) is 2.71. The Bertz CT molecular complexity index is 851. The van der Waals surface area contributed by atoms with Crippen molar-refractivity contribution < 1.29 is 19.1 Å². The molecule has 160 valence electrons. The second-order valence-corrected chi connectivity index (χ2v) is 7.58. The lowest BCUT2D eigenvalue weighted by molar-refractivity contribution is -0.129. The number of primary amides is 1. The minimum atomic E-state index is -0.886. The fourth-order valence-electron chi connectivity index (χ4n) is 2.87. The van der Waals surface area contributed by atoms with Crippen LogP contribution in [0, 0.1) is 12.8 Å². The van der Waals surface area contributed by atoms with E-state index < -0.39 is 30.0 Å². The van der Waals surface area contributed by atoms with E-state index in [1.807, 2.05) is 61.5 Å². The number of amides is 3. The molecule has 0 radical (unpaired) electrons. The molecule has 7 nitrogen and oxygen atoms in total. The normalized spacial score (nSPS) is 12.7. The molecule has 0 aliphatic heterocycles. The first-order valence-corrected chi connectivity index (χ1v) is 9.88. The highest BCUT2D eigenvalue weighted by Gasteiger charge is 2.28. The topological polar surface area (TPSA) is 111 Å². The molecule has 2 aromatic rings. The molecule has 2 rings (SSSR count). The van der Waals surface area contributed by atoms with Crippen LogP contribution in [-0.2, 0) is 27.4 Å². The summed E-state index contributed by atoms with van der Waals surface area (Å²) in [6.45, 7) is 5.64. The van der Waals surface area contributed by atoms with E-state index >= 15 is 0 Å². The van der Waals surface area contributed by atoms with Crippen molar-refractivity contribution in [2.45, 2.75) is 45.9 Å². The molecule has 4 N–H and O–H groups in total. The molecule has 0 unspecified atom stereocenters. The van der Waals surface area contributed by atoms with Crippen molar-refractivity contribution in [3.8, 4) is 0 Å². The Morgan fingerprint density at radius 1 is 0.933 bits per heavy atom. The molecular weight excluding hydrogens is 382 g/mol. The number of benzene rings is 2. The fourth-order valence-corrected chi connectivity index (χ4v) is 2.87. The Balaban J connectivity index is 1.97. The average molecular weight is 412 g/mol. The summed E-state index contributed by atoms with van der Waals surface area (Å²) in [5, 5.41) is 5.23. The van der Waals surface area contributed by atoms with Crippen LogP contribution in [0.5, 0.6) is 0 Å². The van der Waals surface area contributed by atoms with Gasteiger partial charge in [0, 0.05) is 6.42 Å². The number of hydrogen-bond donors (Lipinski definition) is 3. The smallest absolute Gasteiger partial charge is 0.408 e. The number of alkyl carbamates (subject to hydrolysis) is 1. The maximum absolute atomic E-state index is 12.8. The summed E-state index contributed by atoms with van der Waals surface area (Å²) >= 11 is 0. The van der Waals surface area contributed by atoms with Gasteiger partial charge in [-0.3, -0.25) is 9.59 Å². The van der Waals surface area contributed by atoms with Crippen molar-refractivity contribution in [2.24, 2.45) is 11.7 Å². The van der Waals surface area contributed by atoms with E-state index in [1.54, 1.807) is 13.8 Å². The number of carbonyl (C=O) groups is 3. The third kappa shape index (κ3) is 7.24. The van der Waals surface area contributed by atoms with Gasteiger partial charge in [0.2, 0.25) is 11.8 Å². The maximum atomic E-state index is 12.8. The maximum Gasteiger partial charge on any atom is 0.408 e. The minimum absolute atomic E-state index is 0.0937. The summed E-state index contributed by atoms with van der Waals surface area (Å²) in [6.07, 6.45) is -0.438. The molecule has 2 atom stereocenters. The molecule has 3 amide bonds. The van der Waals surface area contributed by atoms with Gasteiger partial charge in [-0.15, -0.1) is 0 Å². The summed E-state index contributed by atoms with van der Waals surface area (Å²) in [6, 6.07) is 15.1. The van der Waals surface area contributed by atoms with Crippen LogP contribution in [0.1, 0.15) is 30.5 Å². The van der Waals surface area contributed by atoms with Crippen LogP contribution >= 0.6 is 0 Å². The van der Waals surface area contributed by atoms with Crippen molar-refractivity contribution >= 4 is 17.9 Å². The van der Waals surface area contributed by atoms with Gasteiger partial charge < -0.3 is 21.1 Å². The van der Waals surface area contributed by atoms with Gasteiger partial charge in [-0.1, -0.05) is 74.0 Å². The van der Waals surface area contributed by atoms with E-state index in [2.05, 4.69) is 10.6 Å². The lowest BCUT2D eigenvalue weighted by atomic mass is 10.0. The highest BCUT2D eigenvalue weighted by Crippen LogP contribution is 2.09. The monoisotopic (exact) mass is 411 g/mol. The first-order chi connectivity index (χ1) is 14.3. The van der Waals surface area contributed by atoms with Crippen LogP contribution in [0.15, 0.2) is 54.6 Å². The molecule has 0 saturated heterocycles. The molecule has 0 bridgehead atoms. The van der Waals surface area contributed by atoms with Crippen molar-refractivity contribution in [1.82, 2.24) is 10.6 Å². The van der Waals surface area contributed by atoms with E-state index in [0.717, 1.165) is 16.7 Å². The molecule has 30 heavy (non-hydrogen) atoms. The summed E-state index contributed by atoms with van der Waals surface area (Å²) in [5.41, 5.74) is 8.29. The Morgan fingerprint density at radius 2 is 1.57 bits per heavy atom. The van der Waals surface area contributed by atoms with Gasteiger partial charge in [0.05, 0.1) is 0 Å². The number of hydrogen-bond acceptors (Lipinski definition) is 4. The number of nitrogens with one attached hydrogen (secondary N) is 2. The zero-order valence-electron chi connectivity index (χ0n) is 17.6. The van der Waals surface area contributed by atoms with Gasteiger partial charge in [-0.25, -0.2) is 4.79 Å². The van der Waals surface area contributed by atoms with Gasteiger partial charge in [-0.2, -0.15) is 0 Å². The van der Waals surface area contributed by atoms with E-state index in [-0.39, 0.29) is 18.9 Å². The van der Waals surface area contributed by atoms with Crippen molar-refractivity contribution in [3.63, 3.8) is 0 Å². The highest BCUT2D eigenvalue weighted by atomic mass is 16.5. The SMILES string of the molecule is Cc1ccc(C[C@H](NC(=O)[C@H](NC(=O)OCc2ccccc2)C(C)C)C(N)=O)cc1. The lowest BCUT2D eigenvalue weighted by Crippen LogP contribution is -2.55. The van der Waals surface area contributed by atoms with Crippen LogP contribution in [0.3, 0.4) is 0 Å². The Hall–Kier alpha value is -3.35. The Morgan fingerprint density at radius 3 is 2.13 bits per heavy atom. The zero-order valence-corrected chi connectivity index (χ0v) is 17.6. The van der Waals surface area contributed by atoms with E-state index in [0.29, 0.717) is 0 Å². The summed E-state index contributed by atoms with van der Waals surface area (Å²) < 4.78 is 5.20. The molecule has 0 spiro atoms. The predicted octanol–water partition coefficient (Wildman–Crippen LogP) is 2.46. The van der Waals surface area contributed by atoms with Gasteiger partial charge >= 0.3 is 6.09 Å². The highest BCUT2D eigenvalue weighted by molar-refractivity contribution is 5.91. The largest absolute Gasteiger partial charge is 0.445 e. The van der Waals surface area contributed by atoms with E-state index in [4.69, 9.17) is 10.5 Å². The van der Waals surface area contributed by atoms with Crippen LogP contribution in [-0.4, -0.2) is 30.0 Å². The standard InChI is InChI=1S/C23H29N3O4/c1-15(2)20(26-23(29)30-14-18-7-5-4-6-8-18)22(28)25-19(21(24)27)13-17-11-9-16(3)10-12-17/h4-12,15,19-20H,13-14H2,1-3H3,(H2,24,27)(H,25,28)(H,26,29)/t19-,20+/m0/s1. The molecule has 7 heteroatoms. The van der Waals surface area contributed by atoms with Crippen LogP contribution < -0.4 is 16.4 Å². The minimum Gasteiger partial charge on any atom is -0.445 e. The van der Waals surface area contributed by atoms with Crippen molar-refractivity contribution in [3.05, 3.63) is 71.3 Å². The Labute approximate surface area is 177 Å². The number of aryl methyl sites for hydroxylation is 1. The fraction of sp³-hybridized carbons (Fsp3) is 0.348. The molecular formula is C23H29N3O4. The molecule has 0 saturated carbocycles. The number of ether oxygens (including phenoxy) is 1.